The Balaban J connectivity index is 1.87. The molecule has 1 amide bonds. The first-order valence-corrected chi connectivity index (χ1v) is 9.60. The maximum atomic E-state index is 13.2. The molecular formula is C18H19FN2O3S. The van der Waals surface area contributed by atoms with E-state index in [4.69, 9.17) is 5.14 Å². The minimum atomic E-state index is -3.79. The molecule has 1 unspecified atom stereocenters. The van der Waals surface area contributed by atoms with Gasteiger partial charge in [-0.3, -0.25) is 4.79 Å². The third-order valence-corrected chi connectivity index (χ3v) is 5.38. The summed E-state index contributed by atoms with van der Waals surface area (Å²) < 4.78 is 35.8. The van der Waals surface area contributed by atoms with Crippen molar-refractivity contribution in [1.82, 2.24) is 4.90 Å². The molecule has 1 heterocycles. The molecule has 0 aromatic heterocycles. The quantitative estimate of drug-likeness (QED) is 0.912. The molecule has 2 N–H and O–H groups in total. The topological polar surface area (TPSA) is 80.5 Å². The fourth-order valence-corrected chi connectivity index (χ4v) is 3.67. The van der Waals surface area contributed by atoms with E-state index in [1.54, 1.807) is 17.0 Å². The van der Waals surface area contributed by atoms with Crippen molar-refractivity contribution in [3.05, 3.63) is 65.5 Å². The number of primary sulfonamides is 1. The van der Waals surface area contributed by atoms with Crippen LogP contribution in [0.2, 0.25) is 0 Å². The van der Waals surface area contributed by atoms with Crippen LogP contribution >= 0.6 is 0 Å². The van der Waals surface area contributed by atoms with E-state index in [-0.39, 0.29) is 22.7 Å². The van der Waals surface area contributed by atoms with Gasteiger partial charge in [-0.15, -0.1) is 0 Å². The summed E-state index contributed by atoms with van der Waals surface area (Å²) in [4.78, 5) is 14.6. The van der Waals surface area contributed by atoms with E-state index in [1.807, 2.05) is 0 Å². The molecule has 1 aliphatic heterocycles. The summed E-state index contributed by atoms with van der Waals surface area (Å²) in [5.74, 6) is -0.481. The minimum absolute atomic E-state index is 0.0298. The van der Waals surface area contributed by atoms with Crippen molar-refractivity contribution in [1.29, 1.82) is 0 Å². The van der Waals surface area contributed by atoms with Crippen molar-refractivity contribution in [2.24, 2.45) is 5.14 Å². The van der Waals surface area contributed by atoms with E-state index in [2.05, 4.69) is 0 Å². The van der Waals surface area contributed by atoms with Crippen LogP contribution in [0.25, 0.3) is 0 Å². The first-order valence-electron chi connectivity index (χ1n) is 8.05. The fourth-order valence-electron chi connectivity index (χ4n) is 3.16. The standard InChI is InChI=1S/C18H19FN2O3S/c19-15-8-4-13(5-9-15)17-3-1-2-12-21(17)18(22)14-6-10-16(11-7-14)25(20,23)24/h4-11,17H,1-3,12H2,(H2,20,23,24). The number of sulfonamides is 1. The van der Waals surface area contributed by atoms with Crippen molar-refractivity contribution in [2.75, 3.05) is 6.54 Å². The van der Waals surface area contributed by atoms with E-state index < -0.39 is 10.0 Å². The Hall–Kier alpha value is -2.25. The number of halogens is 1. The van der Waals surface area contributed by atoms with E-state index in [9.17, 15) is 17.6 Å². The summed E-state index contributed by atoms with van der Waals surface area (Å²) in [7, 11) is -3.79. The Morgan fingerprint density at radius 3 is 2.28 bits per heavy atom. The zero-order valence-corrected chi connectivity index (χ0v) is 14.4. The van der Waals surface area contributed by atoms with Gasteiger partial charge in [-0.2, -0.15) is 0 Å². The van der Waals surface area contributed by atoms with Gasteiger partial charge in [-0.25, -0.2) is 17.9 Å². The Morgan fingerprint density at radius 2 is 1.68 bits per heavy atom. The number of amides is 1. The van der Waals surface area contributed by atoms with Gasteiger partial charge in [0.15, 0.2) is 0 Å². The average Bonchev–Trinajstić information content (AvgIpc) is 2.61. The number of carbonyl (C=O) groups is 1. The molecule has 0 spiro atoms. The van der Waals surface area contributed by atoms with Crippen molar-refractivity contribution >= 4 is 15.9 Å². The SMILES string of the molecule is NS(=O)(=O)c1ccc(C(=O)N2CCCCC2c2ccc(F)cc2)cc1. The summed E-state index contributed by atoms with van der Waals surface area (Å²) in [5.41, 5.74) is 1.30. The zero-order chi connectivity index (χ0) is 18.0. The van der Waals surface area contributed by atoms with Gasteiger partial charge in [0.2, 0.25) is 10.0 Å². The highest BCUT2D eigenvalue weighted by Crippen LogP contribution is 2.32. The molecule has 1 fully saturated rings. The van der Waals surface area contributed by atoms with Crippen LogP contribution in [0.15, 0.2) is 53.4 Å². The molecule has 1 aliphatic rings. The first kappa shape index (κ1) is 17.6. The zero-order valence-electron chi connectivity index (χ0n) is 13.6. The number of piperidine rings is 1. The van der Waals surface area contributed by atoms with Crippen LogP contribution in [0.3, 0.4) is 0 Å². The molecular weight excluding hydrogens is 343 g/mol. The normalized spacial score (nSPS) is 18.2. The van der Waals surface area contributed by atoms with Crippen molar-refractivity contribution in [2.45, 2.75) is 30.2 Å². The molecule has 0 saturated carbocycles. The Labute approximate surface area is 146 Å². The number of rotatable bonds is 3. The highest BCUT2D eigenvalue weighted by Gasteiger charge is 2.28. The molecule has 2 aromatic carbocycles. The Bertz CT molecular complexity index is 864. The second kappa shape index (κ2) is 6.93. The van der Waals surface area contributed by atoms with Gasteiger partial charge < -0.3 is 4.90 Å². The number of nitrogens with zero attached hydrogens (tertiary/aromatic N) is 1. The van der Waals surface area contributed by atoms with E-state index in [0.717, 1.165) is 24.8 Å². The number of likely N-dealkylation sites (tertiary alicyclic amines) is 1. The van der Waals surface area contributed by atoms with Crippen LogP contribution in [0, 0.1) is 5.82 Å². The van der Waals surface area contributed by atoms with Gasteiger partial charge in [0.1, 0.15) is 5.82 Å². The van der Waals surface area contributed by atoms with Crippen LogP contribution in [-0.2, 0) is 10.0 Å². The first-order chi connectivity index (χ1) is 11.9. The lowest BCUT2D eigenvalue weighted by molar-refractivity contribution is 0.0611. The summed E-state index contributed by atoms with van der Waals surface area (Å²) in [6.45, 7) is 0.609. The van der Waals surface area contributed by atoms with Crippen molar-refractivity contribution in [3.8, 4) is 0 Å². The van der Waals surface area contributed by atoms with Crippen LogP contribution in [0.5, 0.6) is 0 Å². The van der Waals surface area contributed by atoms with E-state index >= 15 is 0 Å². The number of benzene rings is 2. The lowest BCUT2D eigenvalue weighted by Gasteiger charge is -2.36. The molecule has 0 bridgehead atoms. The van der Waals surface area contributed by atoms with Crippen LogP contribution in [-0.4, -0.2) is 25.8 Å². The molecule has 1 saturated heterocycles. The molecule has 132 valence electrons. The summed E-state index contributed by atoms with van der Waals surface area (Å²) in [5, 5.41) is 5.08. The second-order valence-corrected chi connectivity index (χ2v) is 7.69. The third-order valence-electron chi connectivity index (χ3n) is 4.45. The molecule has 2 aromatic rings. The Kier molecular flexibility index (Phi) is 4.87. The van der Waals surface area contributed by atoms with Crippen molar-refractivity contribution < 1.29 is 17.6 Å². The summed E-state index contributed by atoms with van der Waals surface area (Å²) in [6.07, 6.45) is 2.71. The number of hydrogen-bond acceptors (Lipinski definition) is 3. The number of carbonyl (C=O) groups excluding carboxylic acids is 1. The van der Waals surface area contributed by atoms with Crippen molar-refractivity contribution in [3.63, 3.8) is 0 Å². The van der Waals surface area contributed by atoms with E-state index in [1.165, 1.54) is 36.4 Å². The molecule has 25 heavy (non-hydrogen) atoms. The van der Waals surface area contributed by atoms with Gasteiger partial charge in [0, 0.05) is 12.1 Å². The smallest absolute Gasteiger partial charge is 0.254 e. The van der Waals surface area contributed by atoms with Gasteiger partial charge >= 0.3 is 0 Å². The summed E-state index contributed by atoms with van der Waals surface area (Å²) in [6, 6.07) is 11.7. The van der Waals surface area contributed by atoms with Crippen LogP contribution in [0.4, 0.5) is 4.39 Å². The highest BCUT2D eigenvalue weighted by molar-refractivity contribution is 7.89. The van der Waals surface area contributed by atoms with Gasteiger partial charge in [0.25, 0.3) is 5.91 Å². The summed E-state index contributed by atoms with van der Waals surface area (Å²) >= 11 is 0. The monoisotopic (exact) mass is 362 g/mol. The maximum Gasteiger partial charge on any atom is 0.254 e. The fraction of sp³-hybridized carbons (Fsp3) is 0.278. The number of hydrogen-bond donors (Lipinski definition) is 1. The van der Waals surface area contributed by atoms with Gasteiger partial charge in [-0.1, -0.05) is 12.1 Å². The maximum absolute atomic E-state index is 13.2. The minimum Gasteiger partial charge on any atom is -0.332 e. The largest absolute Gasteiger partial charge is 0.332 e. The third kappa shape index (κ3) is 3.88. The highest BCUT2D eigenvalue weighted by atomic mass is 32.2. The van der Waals surface area contributed by atoms with Gasteiger partial charge in [-0.05, 0) is 61.2 Å². The predicted molar refractivity (Wildman–Crippen MR) is 91.8 cm³/mol. The molecule has 1 atom stereocenters. The molecule has 3 rings (SSSR count). The van der Waals surface area contributed by atoms with Crippen LogP contribution < -0.4 is 5.14 Å². The average molecular weight is 362 g/mol. The van der Waals surface area contributed by atoms with Crippen LogP contribution in [0.1, 0.15) is 41.2 Å². The molecule has 0 radical (unpaired) electrons. The molecule has 7 heteroatoms. The predicted octanol–water partition coefficient (Wildman–Crippen LogP) is 2.84. The lowest BCUT2D eigenvalue weighted by Crippen LogP contribution is -2.38. The Morgan fingerprint density at radius 1 is 1.04 bits per heavy atom. The van der Waals surface area contributed by atoms with E-state index in [0.29, 0.717) is 12.1 Å². The van der Waals surface area contributed by atoms with Gasteiger partial charge in [0.05, 0.1) is 10.9 Å². The molecule has 0 aliphatic carbocycles. The second-order valence-electron chi connectivity index (χ2n) is 6.13. The molecule has 5 nitrogen and oxygen atoms in total. The number of nitrogens with two attached hydrogens (primary N) is 1. The lowest BCUT2D eigenvalue weighted by atomic mass is 9.94.